The summed E-state index contributed by atoms with van der Waals surface area (Å²) in [6.07, 6.45) is 1.32. The molecular weight excluding hydrogens is 505 g/mol. The second kappa shape index (κ2) is 11.7. The maximum atomic E-state index is 12.9. The molecule has 9 nitrogen and oxygen atoms in total. The van der Waals surface area contributed by atoms with Crippen molar-refractivity contribution in [2.24, 2.45) is 0 Å². The van der Waals surface area contributed by atoms with Gasteiger partial charge in [0.15, 0.2) is 0 Å². The van der Waals surface area contributed by atoms with Crippen molar-refractivity contribution in [2.45, 2.75) is 45.4 Å². The Morgan fingerprint density at radius 3 is 2.56 bits per heavy atom. The number of hydrogen-bond acceptors (Lipinski definition) is 7. The van der Waals surface area contributed by atoms with Gasteiger partial charge in [0, 0.05) is 30.0 Å². The molecule has 0 unspecified atom stereocenters. The average molecular weight is 532 g/mol. The third kappa shape index (κ3) is 6.75. The molecule has 0 bridgehead atoms. The van der Waals surface area contributed by atoms with Crippen LogP contribution in [0, 0.1) is 0 Å². The third-order valence-electron chi connectivity index (χ3n) is 5.44. The SMILES string of the molecule is CC(C)Oc1ccc(Nc2nc(=O)c(C(=O)NC3CCOCC3)nn2Cc2ccc(Cl)cc2)cc1Cl. The molecule has 2 N–H and O–H groups in total. The lowest BCUT2D eigenvalue weighted by Gasteiger charge is -2.23. The van der Waals surface area contributed by atoms with E-state index < -0.39 is 11.5 Å². The van der Waals surface area contributed by atoms with E-state index in [0.29, 0.717) is 47.5 Å². The van der Waals surface area contributed by atoms with Crippen molar-refractivity contribution in [1.82, 2.24) is 20.1 Å². The van der Waals surface area contributed by atoms with Gasteiger partial charge in [0.25, 0.3) is 5.91 Å². The van der Waals surface area contributed by atoms with Crippen LogP contribution in [-0.2, 0) is 11.3 Å². The van der Waals surface area contributed by atoms with E-state index in [4.69, 9.17) is 32.7 Å². The zero-order valence-electron chi connectivity index (χ0n) is 20.0. The van der Waals surface area contributed by atoms with Gasteiger partial charge in [0.1, 0.15) is 5.75 Å². The summed E-state index contributed by atoms with van der Waals surface area (Å²) < 4.78 is 12.5. The van der Waals surface area contributed by atoms with Crippen LogP contribution in [0.15, 0.2) is 47.3 Å². The number of nitrogens with zero attached hydrogens (tertiary/aromatic N) is 3. The topological polar surface area (TPSA) is 107 Å². The molecule has 4 rings (SSSR count). The Bertz CT molecular complexity index is 1270. The third-order valence-corrected chi connectivity index (χ3v) is 5.99. The zero-order valence-corrected chi connectivity index (χ0v) is 21.5. The van der Waals surface area contributed by atoms with Gasteiger partial charge in [-0.05, 0) is 62.6 Å². The number of hydrogen-bond donors (Lipinski definition) is 2. The molecule has 0 radical (unpaired) electrons. The van der Waals surface area contributed by atoms with E-state index in [2.05, 4.69) is 20.7 Å². The van der Waals surface area contributed by atoms with Gasteiger partial charge in [-0.1, -0.05) is 35.3 Å². The highest BCUT2D eigenvalue weighted by molar-refractivity contribution is 6.32. The molecule has 1 fully saturated rings. The maximum Gasteiger partial charge on any atom is 0.306 e. The largest absolute Gasteiger partial charge is 0.489 e. The summed E-state index contributed by atoms with van der Waals surface area (Å²) in [6.45, 7) is 5.18. The van der Waals surface area contributed by atoms with E-state index in [9.17, 15) is 9.59 Å². The number of nitrogens with one attached hydrogen (secondary N) is 2. The molecule has 0 saturated carbocycles. The standard InChI is InChI=1S/C25H27Cl2N5O4/c1-15(2)36-21-8-7-19(13-20(21)27)29-25-30-24(34)22(23(33)28-18-9-11-35-12-10-18)31-32(25)14-16-3-5-17(26)6-4-16/h3-8,13,15,18H,9-12,14H2,1-2H3,(H,28,33)(H,29,30,34). The van der Waals surface area contributed by atoms with E-state index in [1.807, 2.05) is 26.0 Å². The monoisotopic (exact) mass is 531 g/mol. The smallest absolute Gasteiger partial charge is 0.306 e. The second-order valence-corrected chi connectivity index (χ2v) is 9.51. The highest BCUT2D eigenvalue weighted by atomic mass is 35.5. The summed E-state index contributed by atoms with van der Waals surface area (Å²) in [6, 6.07) is 12.3. The second-order valence-electron chi connectivity index (χ2n) is 8.67. The molecule has 0 atom stereocenters. The summed E-state index contributed by atoms with van der Waals surface area (Å²) in [7, 11) is 0. The minimum Gasteiger partial charge on any atom is -0.489 e. The van der Waals surface area contributed by atoms with E-state index >= 15 is 0 Å². The summed E-state index contributed by atoms with van der Waals surface area (Å²) in [5.74, 6) is 0.141. The minimum atomic E-state index is -0.736. The van der Waals surface area contributed by atoms with Crippen LogP contribution < -0.4 is 20.9 Å². The summed E-state index contributed by atoms with van der Waals surface area (Å²) in [5.41, 5.74) is 0.420. The van der Waals surface area contributed by atoms with Gasteiger partial charge in [-0.15, -0.1) is 0 Å². The predicted molar refractivity (Wildman–Crippen MR) is 139 cm³/mol. The Morgan fingerprint density at radius 1 is 1.17 bits per heavy atom. The zero-order chi connectivity index (χ0) is 25.7. The van der Waals surface area contributed by atoms with Crippen LogP contribution in [0.25, 0.3) is 0 Å². The molecule has 36 heavy (non-hydrogen) atoms. The molecule has 3 aromatic rings. The number of rotatable bonds is 8. The first-order valence-corrected chi connectivity index (χ1v) is 12.4. The first-order chi connectivity index (χ1) is 17.3. The fraction of sp³-hybridized carbons (Fsp3) is 0.360. The van der Waals surface area contributed by atoms with E-state index in [-0.39, 0.29) is 30.3 Å². The van der Waals surface area contributed by atoms with Gasteiger partial charge in [-0.2, -0.15) is 10.1 Å². The number of halogens is 2. The van der Waals surface area contributed by atoms with Crippen molar-refractivity contribution in [1.29, 1.82) is 0 Å². The van der Waals surface area contributed by atoms with E-state index in [0.717, 1.165) is 5.56 Å². The number of carbonyl (C=O) groups is 1. The number of aromatic nitrogens is 3. The summed E-state index contributed by atoms with van der Waals surface area (Å²) in [4.78, 5) is 29.9. The number of amides is 1. The number of anilines is 2. The van der Waals surface area contributed by atoms with Crippen LogP contribution in [0.2, 0.25) is 10.0 Å². The molecule has 190 valence electrons. The van der Waals surface area contributed by atoms with Crippen molar-refractivity contribution in [3.05, 3.63) is 74.1 Å². The Morgan fingerprint density at radius 2 is 1.89 bits per heavy atom. The lowest BCUT2D eigenvalue weighted by atomic mass is 10.1. The molecule has 0 aliphatic carbocycles. The maximum absolute atomic E-state index is 12.9. The molecular formula is C25H27Cl2N5O4. The van der Waals surface area contributed by atoms with E-state index in [1.54, 1.807) is 30.3 Å². The molecule has 2 heterocycles. The number of carbonyl (C=O) groups excluding carboxylic acids is 1. The average Bonchev–Trinajstić information content (AvgIpc) is 2.84. The van der Waals surface area contributed by atoms with Gasteiger partial charge in [-0.25, -0.2) is 4.68 Å². The summed E-state index contributed by atoms with van der Waals surface area (Å²) >= 11 is 12.4. The number of benzene rings is 2. The van der Waals surface area contributed by atoms with Crippen molar-refractivity contribution >= 4 is 40.7 Å². The van der Waals surface area contributed by atoms with Crippen LogP contribution in [0.1, 0.15) is 42.7 Å². The van der Waals surface area contributed by atoms with Crippen LogP contribution in [0.3, 0.4) is 0 Å². The van der Waals surface area contributed by atoms with E-state index in [1.165, 1.54) is 4.68 Å². The highest BCUT2D eigenvalue weighted by Crippen LogP contribution is 2.29. The molecule has 1 saturated heterocycles. The molecule has 1 aromatic heterocycles. The van der Waals surface area contributed by atoms with Crippen LogP contribution in [0.5, 0.6) is 5.75 Å². The van der Waals surface area contributed by atoms with Crippen LogP contribution >= 0.6 is 23.2 Å². The lowest BCUT2D eigenvalue weighted by Crippen LogP contribution is -2.42. The molecule has 2 aromatic carbocycles. The lowest BCUT2D eigenvalue weighted by molar-refractivity contribution is 0.0692. The Labute approximate surface area is 218 Å². The molecule has 1 amide bonds. The first kappa shape index (κ1) is 25.9. The Balaban J connectivity index is 1.64. The Kier molecular flexibility index (Phi) is 8.45. The fourth-order valence-corrected chi connectivity index (χ4v) is 4.03. The predicted octanol–water partition coefficient (Wildman–Crippen LogP) is 4.43. The normalized spacial score (nSPS) is 14.0. The van der Waals surface area contributed by atoms with Gasteiger partial charge >= 0.3 is 5.56 Å². The minimum absolute atomic E-state index is 0.0310. The molecule has 1 aliphatic rings. The van der Waals surface area contributed by atoms with Crippen LogP contribution in [-0.4, -0.2) is 46.0 Å². The van der Waals surface area contributed by atoms with Gasteiger partial charge in [0.05, 0.1) is 17.7 Å². The summed E-state index contributed by atoms with van der Waals surface area (Å²) in [5, 5.41) is 11.3. The Hall–Kier alpha value is -3.14. The van der Waals surface area contributed by atoms with Gasteiger partial charge in [0.2, 0.25) is 11.6 Å². The van der Waals surface area contributed by atoms with Crippen molar-refractivity contribution in [3.8, 4) is 5.75 Å². The van der Waals surface area contributed by atoms with Gasteiger partial charge in [-0.3, -0.25) is 9.59 Å². The highest BCUT2D eigenvalue weighted by Gasteiger charge is 2.22. The van der Waals surface area contributed by atoms with Gasteiger partial charge < -0.3 is 20.1 Å². The van der Waals surface area contributed by atoms with Crippen molar-refractivity contribution < 1.29 is 14.3 Å². The van der Waals surface area contributed by atoms with Crippen LogP contribution in [0.4, 0.5) is 11.6 Å². The number of ether oxygens (including phenoxy) is 2. The quantitative estimate of drug-likeness (QED) is 0.442. The molecule has 0 spiro atoms. The first-order valence-electron chi connectivity index (χ1n) is 11.6. The van der Waals surface area contributed by atoms with Crippen molar-refractivity contribution in [2.75, 3.05) is 18.5 Å². The molecule has 1 aliphatic heterocycles. The molecule has 11 heteroatoms. The van der Waals surface area contributed by atoms with Crippen molar-refractivity contribution in [3.63, 3.8) is 0 Å². The fourth-order valence-electron chi connectivity index (χ4n) is 3.68.